The van der Waals surface area contributed by atoms with E-state index in [1.54, 1.807) is 0 Å². The largest absolute Gasteiger partial charge is 0.220 e. The lowest BCUT2D eigenvalue weighted by atomic mass is 10.6. The highest BCUT2D eigenvalue weighted by Gasteiger charge is 1.82. The van der Waals surface area contributed by atoms with E-state index >= 15 is 0 Å². The third kappa shape index (κ3) is 6.23. The molecule has 0 saturated heterocycles. The molecule has 0 unspecified atom stereocenters. The van der Waals surface area contributed by atoms with Gasteiger partial charge in [-0.05, 0) is 6.42 Å². The third-order valence-electron chi connectivity index (χ3n) is 0.366. The second-order valence-electron chi connectivity index (χ2n) is 0.965. The Kier molecular flexibility index (Phi) is 6.43. The molecule has 0 spiro atoms. The molecule has 44 valence electrons. The summed E-state index contributed by atoms with van der Waals surface area (Å²) in [6.07, 6.45) is 1.01. The maximum Gasteiger partial charge on any atom is 0.0345 e. The first-order valence-corrected chi connectivity index (χ1v) is 2.92. The Morgan fingerprint density at radius 2 is 2.43 bits per heavy atom. The molecule has 0 amide bonds. The van der Waals surface area contributed by atoms with Crippen LogP contribution in [-0.2, 0) is 9.37 Å². The summed E-state index contributed by atoms with van der Waals surface area (Å²) in [5, 5.41) is 10.9. The van der Waals surface area contributed by atoms with Gasteiger partial charge in [0, 0.05) is 17.8 Å². The molecule has 0 aliphatic carbocycles. The maximum atomic E-state index is 7.55. The van der Waals surface area contributed by atoms with E-state index in [9.17, 15) is 0 Å². The Morgan fingerprint density at radius 1 is 1.71 bits per heavy atom. The van der Waals surface area contributed by atoms with E-state index in [4.69, 9.17) is 5.26 Å². The van der Waals surface area contributed by atoms with Gasteiger partial charge in [0.25, 0.3) is 0 Å². The minimum Gasteiger partial charge on any atom is -0.220 e. The third-order valence-corrected chi connectivity index (χ3v) is 1.10. The van der Waals surface area contributed by atoms with Gasteiger partial charge in [-0.2, -0.15) is 0 Å². The summed E-state index contributed by atoms with van der Waals surface area (Å²) in [4.78, 5) is 0. The van der Waals surface area contributed by atoms with Crippen LogP contribution in [0.4, 0.5) is 0 Å². The molecule has 0 radical (unpaired) electrons. The van der Waals surface area contributed by atoms with E-state index in [0.717, 1.165) is 24.2 Å². The molecule has 3 nitrogen and oxygen atoms in total. The Balaban J connectivity index is 2.45. The second-order valence-corrected chi connectivity index (χ2v) is 1.74. The van der Waals surface area contributed by atoms with Gasteiger partial charge in [0.2, 0.25) is 0 Å². The van der Waals surface area contributed by atoms with Gasteiger partial charge in [-0.1, -0.05) is 12.0 Å². The summed E-state index contributed by atoms with van der Waals surface area (Å²) in [6, 6.07) is 0. The zero-order valence-corrected chi connectivity index (χ0v) is 4.90. The van der Waals surface area contributed by atoms with Crippen molar-refractivity contribution in [2.24, 2.45) is 0 Å². The average Bonchev–Trinajstić information content (AvgIpc) is 1.69. The molecule has 0 rings (SSSR count). The normalized spacial score (nSPS) is 9.43. The molecule has 0 aliphatic heterocycles. The quantitative estimate of drug-likeness (QED) is 0.266. The van der Waals surface area contributed by atoms with Crippen molar-refractivity contribution in [3.05, 3.63) is 0 Å². The van der Waals surface area contributed by atoms with E-state index in [0.29, 0.717) is 0 Å². The summed E-state index contributed by atoms with van der Waals surface area (Å²) in [6.45, 7) is 2.01. The van der Waals surface area contributed by atoms with Crippen molar-refractivity contribution >= 4 is 12.0 Å². The minimum absolute atomic E-state index is 0.834. The van der Waals surface area contributed by atoms with Gasteiger partial charge < -0.3 is 0 Å². The molecule has 4 heteroatoms. The van der Waals surface area contributed by atoms with Crippen LogP contribution >= 0.6 is 12.0 Å². The van der Waals surface area contributed by atoms with E-state index < -0.39 is 0 Å². The Labute approximate surface area is 46.7 Å². The summed E-state index contributed by atoms with van der Waals surface area (Å²) in [5.41, 5.74) is 0. The number of rotatable bonds is 4. The second kappa shape index (κ2) is 6.23. The molecule has 0 aliphatic rings. The van der Waals surface area contributed by atoms with Gasteiger partial charge in [0.05, 0.1) is 0 Å². The summed E-state index contributed by atoms with van der Waals surface area (Å²) in [7, 11) is 0. The fourth-order valence-electron chi connectivity index (χ4n) is 0.139. The van der Waals surface area contributed by atoms with Gasteiger partial charge in [0.1, 0.15) is 0 Å². The number of hydrogen-bond acceptors (Lipinski definition) is 4. The number of hydrogen-bond donors (Lipinski definition) is 1. The topological polar surface area (TPSA) is 38.7 Å². The first-order chi connectivity index (χ1) is 3.41. The molecular formula is C3H8O3S. The standard InChI is InChI=1S/C3H8O3S/c1-2-3-7-6-5-4/h4H,2-3H2,1H3. The Bertz CT molecular complexity index is 29.4. The summed E-state index contributed by atoms with van der Waals surface area (Å²) >= 11 is 1.08. The first kappa shape index (κ1) is 7.23. The van der Waals surface area contributed by atoms with E-state index in [1.807, 2.05) is 6.92 Å². The Hall–Kier alpha value is 0.230. The van der Waals surface area contributed by atoms with Gasteiger partial charge >= 0.3 is 0 Å². The molecule has 0 atom stereocenters. The lowest BCUT2D eigenvalue weighted by molar-refractivity contribution is -0.432. The molecule has 1 N–H and O–H groups in total. The van der Waals surface area contributed by atoms with Crippen molar-refractivity contribution in [2.45, 2.75) is 13.3 Å². The van der Waals surface area contributed by atoms with Crippen molar-refractivity contribution < 1.29 is 14.6 Å². The summed E-state index contributed by atoms with van der Waals surface area (Å²) in [5.74, 6) is 0.834. The predicted molar refractivity (Wildman–Crippen MR) is 27.5 cm³/mol. The smallest absolute Gasteiger partial charge is 0.0345 e. The fourth-order valence-corrected chi connectivity index (χ4v) is 0.417. The van der Waals surface area contributed by atoms with Crippen molar-refractivity contribution in [1.82, 2.24) is 0 Å². The fraction of sp³-hybridized carbons (Fsp3) is 1.00. The molecule has 7 heavy (non-hydrogen) atoms. The molecule has 0 heterocycles. The molecule has 0 saturated carbocycles. The van der Waals surface area contributed by atoms with Crippen molar-refractivity contribution in [1.29, 1.82) is 0 Å². The van der Waals surface area contributed by atoms with Crippen LogP contribution in [0.1, 0.15) is 13.3 Å². The van der Waals surface area contributed by atoms with Crippen molar-refractivity contribution in [3.8, 4) is 0 Å². The molecule has 0 aromatic heterocycles. The maximum absolute atomic E-state index is 7.55. The SMILES string of the molecule is CCCSOOO. The highest BCUT2D eigenvalue weighted by molar-refractivity contribution is 7.94. The van der Waals surface area contributed by atoms with Crippen LogP contribution in [0.2, 0.25) is 0 Å². The van der Waals surface area contributed by atoms with Crippen LogP contribution < -0.4 is 0 Å². The van der Waals surface area contributed by atoms with Crippen LogP contribution in [-0.4, -0.2) is 11.0 Å². The lowest BCUT2D eigenvalue weighted by Gasteiger charge is -1.89. The van der Waals surface area contributed by atoms with Crippen LogP contribution in [0.15, 0.2) is 0 Å². The van der Waals surface area contributed by atoms with Crippen LogP contribution in [0.25, 0.3) is 0 Å². The van der Waals surface area contributed by atoms with E-state index in [1.165, 1.54) is 0 Å². The van der Waals surface area contributed by atoms with Crippen LogP contribution in [0.3, 0.4) is 0 Å². The molecule has 0 fully saturated rings. The van der Waals surface area contributed by atoms with Crippen LogP contribution in [0, 0.1) is 0 Å². The minimum atomic E-state index is 0.834. The first-order valence-electron chi connectivity index (χ1n) is 2.01. The molecule has 0 aromatic rings. The molecule has 0 aromatic carbocycles. The highest BCUT2D eigenvalue weighted by atomic mass is 32.2. The van der Waals surface area contributed by atoms with E-state index in [2.05, 4.69) is 9.37 Å². The zero-order chi connectivity index (χ0) is 5.54. The predicted octanol–water partition coefficient (Wildman–Crippen LogP) is 1.47. The van der Waals surface area contributed by atoms with Gasteiger partial charge in [-0.25, -0.2) is 5.26 Å². The average molecular weight is 124 g/mol. The molecule has 0 bridgehead atoms. The van der Waals surface area contributed by atoms with Gasteiger partial charge in [-0.3, -0.25) is 0 Å². The van der Waals surface area contributed by atoms with Crippen LogP contribution in [0.5, 0.6) is 0 Å². The lowest BCUT2D eigenvalue weighted by Crippen LogP contribution is -1.79. The van der Waals surface area contributed by atoms with Gasteiger partial charge in [0.15, 0.2) is 0 Å². The zero-order valence-electron chi connectivity index (χ0n) is 4.09. The Morgan fingerprint density at radius 3 is 2.86 bits per heavy atom. The molecular weight excluding hydrogens is 116 g/mol. The van der Waals surface area contributed by atoms with E-state index in [-0.39, 0.29) is 0 Å². The van der Waals surface area contributed by atoms with Crippen molar-refractivity contribution in [2.75, 3.05) is 5.75 Å². The van der Waals surface area contributed by atoms with Crippen molar-refractivity contribution in [3.63, 3.8) is 0 Å². The van der Waals surface area contributed by atoms with Gasteiger partial charge in [-0.15, -0.1) is 4.33 Å². The monoisotopic (exact) mass is 124 g/mol. The summed E-state index contributed by atoms with van der Waals surface area (Å²) < 4.78 is 4.05. The highest BCUT2D eigenvalue weighted by Crippen LogP contribution is 2.01.